The molecule has 30 heavy (non-hydrogen) atoms. The van der Waals surface area contributed by atoms with Gasteiger partial charge in [-0.25, -0.2) is 0 Å². The van der Waals surface area contributed by atoms with Crippen molar-refractivity contribution in [2.45, 2.75) is 38.3 Å². The maximum atomic E-state index is 6.26. The first-order valence-corrected chi connectivity index (χ1v) is 10.6. The van der Waals surface area contributed by atoms with Gasteiger partial charge in [-0.3, -0.25) is 4.98 Å². The number of anilines is 1. The molecule has 0 atom stereocenters. The number of halogens is 3. The number of aromatic amines is 1. The van der Waals surface area contributed by atoms with Crippen LogP contribution in [0.5, 0.6) is 5.75 Å². The van der Waals surface area contributed by atoms with E-state index in [2.05, 4.69) is 25.5 Å². The summed E-state index contributed by atoms with van der Waals surface area (Å²) < 4.78 is 6.08. The number of aromatic nitrogens is 2. The first-order chi connectivity index (χ1) is 14.2. The normalized spacial score (nSPS) is 22.5. The Bertz CT molecular complexity index is 1120. The highest BCUT2D eigenvalue weighted by Crippen LogP contribution is 2.34. The Morgan fingerprint density at radius 2 is 1.93 bits per heavy atom. The van der Waals surface area contributed by atoms with E-state index < -0.39 is 0 Å². The second kappa shape index (κ2) is 9.00. The number of azo groups is 1. The number of rotatable bonds is 3. The molecule has 1 saturated carbocycles. The molecule has 2 aromatic heterocycles. The summed E-state index contributed by atoms with van der Waals surface area (Å²) in [4.78, 5) is 7.63. The van der Waals surface area contributed by atoms with E-state index in [1.165, 1.54) is 5.56 Å². The molecule has 6 nitrogen and oxygen atoms in total. The van der Waals surface area contributed by atoms with Crippen LogP contribution >= 0.6 is 35.6 Å². The van der Waals surface area contributed by atoms with Gasteiger partial charge in [0.25, 0.3) is 0 Å². The summed E-state index contributed by atoms with van der Waals surface area (Å²) in [6, 6.07) is 1.81. The van der Waals surface area contributed by atoms with E-state index in [0.29, 0.717) is 24.0 Å². The highest BCUT2D eigenvalue weighted by atomic mass is 35.5. The number of H-pyrrole nitrogens is 1. The Labute approximate surface area is 190 Å². The number of allylic oxidation sites excluding steroid dienone is 1. The predicted molar refractivity (Wildman–Crippen MR) is 122 cm³/mol. The van der Waals surface area contributed by atoms with Crippen LogP contribution in [0, 0.1) is 5.92 Å². The molecule has 0 bridgehead atoms. The monoisotopic (exact) mass is 465 g/mol. The number of hydrogen-bond acceptors (Lipinski definition) is 5. The van der Waals surface area contributed by atoms with E-state index in [9.17, 15) is 0 Å². The number of hydrogen-bond donors (Lipinski definition) is 2. The summed E-state index contributed by atoms with van der Waals surface area (Å²) in [5.41, 5.74) is 3.33. The van der Waals surface area contributed by atoms with Crippen molar-refractivity contribution in [2.24, 2.45) is 16.1 Å². The van der Waals surface area contributed by atoms with Gasteiger partial charge in [-0.15, -0.1) is 12.4 Å². The molecular weight excluding hydrogens is 445 g/mol. The van der Waals surface area contributed by atoms with Gasteiger partial charge in [-0.2, -0.15) is 10.2 Å². The average Bonchev–Trinajstić information content (AvgIpc) is 2.95. The largest absolute Gasteiger partial charge is 0.489 e. The van der Waals surface area contributed by atoms with Crippen LogP contribution in [0.4, 0.5) is 5.69 Å². The van der Waals surface area contributed by atoms with Crippen molar-refractivity contribution in [1.29, 1.82) is 0 Å². The van der Waals surface area contributed by atoms with Gasteiger partial charge in [0.1, 0.15) is 5.75 Å². The lowest BCUT2D eigenvalue weighted by atomic mass is 9.84. The Kier molecular flexibility index (Phi) is 6.37. The average molecular weight is 467 g/mol. The number of nitrogens with one attached hydrogen (secondary N) is 2. The predicted octanol–water partition coefficient (Wildman–Crippen LogP) is 4.53. The zero-order valence-electron chi connectivity index (χ0n) is 16.2. The summed E-state index contributed by atoms with van der Waals surface area (Å²) in [6.07, 6.45) is 11.4. The van der Waals surface area contributed by atoms with Crippen LogP contribution in [-0.2, 0) is 6.54 Å². The third-order valence-electron chi connectivity index (χ3n) is 5.70. The second-order valence-electron chi connectivity index (χ2n) is 7.60. The molecule has 0 unspecified atom stereocenters. The SMILES string of the molecule is Cl.ClC1=CCNc2c3c([nH]c2=C1)=C([C@H]1CC[C@H](Oc2cncc(Cl)c2)CC1)N=NC3. The Hall–Kier alpha value is -2.02. The highest BCUT2D eigenvalue weighted by Gasteiger charge is 2.28. The summed E-state index contributed by atoms with van der Waals surface area (Å²) >= 11 is 12.3. The first kappa shape index (κ1) is 21.2. The molecule has 2 N–H and O–H groups in total. The van der Waals surface area contributed by atoms with Crippen molar-refractivity contribution in [1.82, 2.24) is 9.97 Å². The molecular formula is C21H22Cl3N5O. The number of pyridine rings is 1. The zero-order valence-corrected chi connectivity index (χ0v) is 18.5. The third kappa shape index (κ3) is 4.22. The molecule has 158 valence electrons. The van der Waals surface area contributed by atoms with Crippen molar-refractivity contribution in [2.75, 3.05) is 11.9 Å². The van der Waals surface area contributed by atoms with Gasteiger partial charge in [0, 0.05) is 35.3 Å². The maximum Gasteiger partial charge on any atom is 0.139 e. The zero-order chi connectivity index (χ0) is 19.8. The van der Waals surface area contributed by atoms with Crippen molar-refractivity contribution in [3.05, 3.63) is 50.9 Å². The lowest BCUT2D eigenvalue weighted by molar-refractivity contribution is 0.142. The lowest BCUT2D eigenvalue weighted by Gasteiger charge is -2.29. The molecule has 1 fully saturated rings. The minimum Gasteiger partial charge on any atom is -0.489 e. The molecule has 4 heterocycles. The topological polar surface area (TPSA) is 74.7 Å². The van der Waals surface area contributed by atoms with Gasteiger partial charge in [0.15, 0.2) is 0 Å². The van der Waals surface area contributed by atoms with Crippen LogP contribution in [0.1, 0.15) is 31.2 Å². The quantitative estimate of drug-likeness (QED) is 0.698. The fourth-order valence-corrected chi connectivity index (χ4v) is 4.67. The van der Waals surface area contributed by atoms with Crippen LogP contribution < -0.4 is 20.8 Å². The maximum absolute atomic E-state index is 6.26. The van der Waals surface area contributed by atoms with Crippen molar-refractivity contribution in [3.8, 4) is 5.75 Å². The molecule has 0 amide bonds. The van der Waals surface area contributed by atoms with Gasteiger partial charge >= 0.3 is 0 Å². The fraction of sp³-hybridized carbons (Fsp3) is 0.381. The van der Waals surface area contributed by atoms with Gasteiger partial charge in [-0.05, 0) is 37.8 Å². The van der Waals surface area contributed by atoms with Crippen molar-refractivity contribution >= 4 is 53.1 Å². The molecule has 0 spiro atoms. The summed E-state index contributed by atoms with van der Waals surface area (Å²) in [7, 11) is 0. The van der Waals surface area contributed by atoms with Crippen LogP contribution in [-0.4, -0.2) is 22.6 Å². The van der Waals surface area contributed by atoms with Gasteiger partial charge in [0.05, 0.1) is 46.0 Å². The van der Waals surface area contributed by atoms with Crippen LogP contribution in [0.3, 0.4) is 0 Å². The van der Waals surface area contributed by atoms with E-state index in [0.717, 1.165) is 58.5 Å². The van der Waals surface area contributed by atoms with Crippen LogP contribution in [0.2, 0.25) is 5.02 Å². The van der Waals surface area contributed by atoms with E-state index in [-0.39, 0.29) is 18.5 Å². The molecule has 5 rings (SSSR count). The first-order valence-electron chi connectivity index (χ1n) is 9.88. The minimum atomic E-state index is 0. The van der Waals surface area contributed by atoms with Crippen molar-refractivity contribution in [3.63, 3.8) is 0 Å². The molecule has 0 saturated heterocycles. The van der Waals surface area contributed by atoms with Crippen LogP contribution in [0.25, 0.3) is 11.8 Å². The van der Waals surface area contributed by atoms with Gasteiger partial charge in [-0.1, -0.05) is 23.2 Å². The lowest BCUT2D eigenvalue weighted by Crippen LogP contribution is -2.28. The Morgan fingerprint density at radius 3 is 2.73 bits per heavy atom. The van der Waals surface area contributed by atoms with Gasteiger partial charge < -0.3 is 15.0 Å². The molecule has 0 aromatic carbocycles. The summed E-state index contributed by atoms with van der Waals surface area (Å²) in [5, 5.41) is 15.8. The highest BCUT2D eigenvalue weighted by molar-refractivity contribution is 6.34. The van der Waals surface area contributed by atoms with E-state index in [4.69, 9.17) is 27.9 Å². The van der Waals surface area contributed by atoms with E-state index in [1.54, 1.807) is 12.4 Å². The number of ether oxygens (including phenoxy) is 1. The molecule has 1 aliphatic carbocycles. The van der Waals surface area contributed by atoms with E-state index >= 15 is 0 Å². The summed E-state index contributed by atoms with van der Waals surface area (Å²) in [6.45, 7) is 1.29. The molecule has 9 heteroatoms. The van der Waals surface area contributed by atoms with Crippen LogP contribution in [0.15, 0.2) is 39.8 Å². The van der Waals surface area contributed by atoms with Crippen molar-refractivity contribution < 1.29 is 4.74 Å². The van der Waals surface area contributed by atoms with Gasteiger partial charge in [0.2, 0.25) is 0 Å². The molecule has 0 radical (unpaired) electrons. The summed E-state index contributed by atoms with van der Waals surface area (Å²) in [5.74, 6) is 1.09. The molecule has 2 aliphatic heterocycles. The third-order valence-corrected chi connectivity index (χ3v) is 6.17. The molecule has 3 aliphatic rings. The Morgan fingerprint density at radius 1 is 1.10 bits per heavy atom. The van der Waals surface area contributed by atoms with E-state index in [1.807, 2.05) is 18.2 Å². The smallest absolute Gasteiger partial charge is 0.139 e. The minimum absolute atomic E-state index is 0. The number of nitrogens with zero attached hydrogens (tertiary/aromatic N) is 3. The second-order valence-corrected chi connectivity index (χ2v) is 8.47. The Balaban J connectivity index is 0.00000218. The standard InChI is InChI=1S/C21H21Cl2N5O.ClH/c22-13-5-6-25-20-17-11-26-28-19(21(17)27-18(20)8-13)12-1-3-15(4-2-12)29-16-7-14(23)9-24-10-16;/h5,7-10,12,15,25,27H,1-4,6,11H2;1H/t12-,15-;. The fourth-order valence-electron chi connectivity index (χ4n) is 4.32. The number of fused-ring (bicyclic) bond motifs is 3. The molecule has 2 aromatic rings.